The van der Waals surface area contributed by atoms with Crippen LogP contribution in [-0.4, -0.2) is 73.3 Å². The molecule has 0 aromatic rings. The number of amides is 1. The van der Waals surface area contributed by atoms with E-state index in [0.717, 1.165) is 6.42 Å². The van der Waals surface area contributed by atoms with Crippen LogP contribution in [0, 0.1) is 0 Å². The molecule has 1 amide bonds. The van der Waals surface area contributed by atoms with Crippen molar-refractivity contribution in [2.75, 3.05) is 18.8 Å². The highest BCUT2D eigenvalue weighted by atomic mass is 32.2. The fraction of sp³-hybridized carbons (Fsp3) is 0.778. The normalized spacial score (nSPS) is 27.6. The maximum Gasteiger partial charge on any atom is 0.331 e. The Labute approximate surface area is 176 Å². The second-order valence-corrected chi connectivity index (χ2v) is 9.69. The summed E-state index contributed by atoms with van der Waals surface area (Å²) < 4.78 is 27.3. The Morgan fingerprint density at radius 1 is 1.43 bits per heavy atom. The van der Waals surface area contributed by atoms with Gasteiger partial charge in [-0.1, -0.05) is 24.5 Å². The number of piperidine rings is 1. The molecule has 1 fully saturated rings. The number of azide groups is 1. The highest BCUT2D eigenvalue weighted by molar-refractivity contribution is 7.89. The van der Waals surface area contributed by atoms with E-state index in [-0.39, 0.29) is 29.7 Å². The van der Waals surface area contributed by atoms with Crippen LogP contribution in [0.15, 0.2) is 16.8 Å². The van der Waals surface area contributed by atoms with Gasteiger partial charge in [-0.2, -0.15) is 0 Å². The van der Waals surface area contributed by atoms with Crippen molar-refractivity contribution >= 4 is 21.9 Å². The summed E-state index contributed by atoms with van der Waals surface area (Å²) in [6, 6.07) is -2.18. The van der Waals surface area contributed by atoms with Crippen molar-refractivity contribution in [2.24, 2.45) is 5.11 Å². The number of carbonyl (C=O) groups excluding carboxylic acids is 1. The van der Waals surface area contributed by atoms with Crippen LogP contribution in [0.4, 0.5) is 0 Å². The number of nitrogens with one attached hydrogen (secondary N) is 2. The Bertz CT molecular complexity index is 823. The molecule has 11 nitrogen and oxygen atoms in total. The standard InChI is InChI=1S/C18H30N6O5S/c1-3-4-8-30(28,29)22-14-6-5-7-24(11-14)16-10-13(18(26)27)9-15(21-23-19)17(16)20-12(2)25/h10,14-17,22H,3-9,11H2,1-2H3,(H,20,25)(H,26,27)/t14-,15+,16-,17+/m1/s1. The number of sulfonamides is 1. The van der Waals surface area contributed by atoms with Crippen molar-refractivity contribution in [2.45, 2.75) is 70.1 Å². The molecule has 1 aliphatic carbocycles. The minimum Gasteiger partial charge on any atom is -0.478 e. The molecule has 0 saturated carbocycles. The van der Waals surface area contributed by atoms with E-state index in [1.54, 1.807) is 6.08 Å². The van der Waals surface area contributed by atoms with Crippen LogP contribution in [0.2, 0.25) is 0 Å². The predicted octanol–water partition coefficient (Wildman–Crippen LogP) is 1.14. The van der Waals surface area contributed by atoms with E-state index in [1.165, 1.54) is 6.92 Å². The number of carbonyl (C=O) groups is 2. The zero-order valence-corrected chi connectivity index (χ0v) is 18.1. The molecule has 2 aliphatic rings. The molecule has 4 atom stereocenters. The lowest BCUT2D eigenvalue weighted by atomic mass is 9.85. The van der Waals surface area contributed by atoms with E-state index in [4.69, 9.17) is 5.53 Å². The molecule has 0 radical (unpaired) electrons. The molecule has 0 aromatic heterocycles. The third kappa shape index (κ3) is 6.69. The molecule has 1 heterocycles. The first-order valence-corrected chi connectivity index (χ1v) is 11.8. The second kappa shape index (κ2) is 10.8. The highest BCUT2D eigenvalue weighted by Crippen LogP contribution is 2.28. The van der Waals surface area contributed by atoms with Crippen LogP contribution in [0.5, 0.6) is 0 Å². The summed E-state index contributed by atoms with van der Waals surface area (Å²) in [6.07, 6.45) is 4.35. The molecule has 2 rings (SSSR count). The van der Waals surface area contributed by atoms with Gasteiger partial charge < -0.3 is 10.4 Å². The molecular weight excluding hydrogens is 412 g/mol. The first-order chi connectivity index (χ1) is 14.2. The smallest absolute Gasteiger partial charge is 0.331 e. The van der Waals surface area contributed by atoms with Gasteiger partial charge >= 0.3 is 5.97 Å². The average Bonchev–Trinajstić information content (AvgIpc) is 2.67. The fourth-order valence-electron chi connectivity index (χ4n) is 4.06. The van der Waals surface area contributed by atoms with Crippen molar-refractivity contribution < 1.29 is 23.1 Å². The molecule has 0 spiro atoms. The van der Waals surface area contributed by atoms with Crippen LogP contribution >= 0.6 is 0 Å². The van der Waals surface area contributed by atoms with Crippen LogP contribution in [-0.2, 0) is 19.6 Å². The minimum absolute atomic E-state index is 0.0156. The largest absolute Gasteiger partial charge is 0.478 e. The second-order valence-electron chi connectivity index (χ2n) is 7.81. The summed E-state index contributed by atoms with van der Waals surface area (Å²) in [6.45, 7) is 4.26. The Balaban J connectivity index is 2.26. The highest BCUT2D eigenvalue weighted by Gasteiger charge is 2.40. The summed E-state index contributed by atoms with van der Waals surface area (Å²) in [7, 11) is -3.40. The van der Waals surface area contributed by atoms with Crippen LogP contribution < -0.4 is 10.0 Å². The summed E-state index contributed by atoms with van der Waals surface area (Å²) >= 11 is 0. The number of hydrogen-bond donors (Lipinski definition) is 3. The van der Waals surface area contributed by atoms with Crippen LogP contribution in [0.3, 0.4) is 0 Å². The molecule has 12 heteroatoms. The van der Waals surface area contributed by atoms with Gasteiger partial charge in [-0.05, 0) is 37.8 Å². The third-order valence-electron chi connectivity index (χ3n) is 5.42. The molecule has 0 unspecified atom stereocenters. The topological polar surface area (TPSA) is 165 Å². The molecule has 168 valence electrons. The molecular formula is C18H30N6O5S. The monoisotopic (exact) mass is 442 g/mol. The minimum atomic E-state index is -3.40. The van der Waals surface area contributed by atoms with Gasteiger partial charge in [-0.25, -0.2) is 17.9 Å². The summed E-state index contributed by atoms with van der Waals surface area (Å²) in [5, 5.41) is 16.0. The van der Waals surface area contributed by atoms with Gasteiger partial charge in [-0.15, -0.1) is 0 Å². The van der Waals surface area contributed by atoms with Gasteiger partial charge in [0.05, 0.1) is 17.8 Å². The zero-order valence-electron chi connectivity index (χ0n) is 17.3. The Hall–Kier alpha value is -2.14. The number of carboxylic acids is 1. The van der Waals surface area contributed by atoms with Gasteiger partial charge in [0, 0.05) is 36.0 Å². The number of carboxylic acid groups (broad SMARTS) is 1. The van der Waals surface area contributed by atoms with Crippen LogP contribution in [0.1, 0.15) is 46.0 Å². The zero-order chi connectivity index (χ0) is 22.3. The van der Waals surface area contributed by atoms with Crippen molar-refractivity contribution in [1.29, 1.82) is 0 Å². The molecule has 1 aliphatic heterocycles. The average molecular weight is 443 g/mol. The van der Waals surface area contributed by atoms with Crippen molar-refractivity contribution in [3.8, 4) is 0 Å². The first kappa shape index (κ1) is 24.1. The lowest BCUT2D eigenvalue weighted by molar-refractivity contribution is -0.133. The van der Waals surface area contributed by atoms with Crippen molar-refractivity contribution in [1.82, 2.24) is 14.9 Å². The van der Waals surface area contributed by atoms with E-state index >= 15 is 0 Å². The molecule has 3 N–H and O–H groups in total. The van der Waals surface area contributed by atoms with E-state index in [0.29, 0.717) is 32.4 Å². The molecule has 0 bridgehead atoms. The number of nitrogens with zero attached hydrogens (tertiary/aromatic N) is 4. The van der Waals surface area contributed by atoms with E-state index in [9.17, 15) is 23.1 Å². The summed E-state index contributed by atoms with van der Waals surface area (Å²) in [5.41, 5.74) is 9.04. The number of likely N-dealkylation sites (tertiary alicyclic amines) is 1. The maximum absolute atomic E-state index is 12.3. The number of rotatable bonds is 9. The predicted molar refractivity (Wildman–Crippen MR) is 111 cm³/mol. The van der Waals surface area contributed by atoms with Crippen molar-refractivity contribution in [3.05, 3.63) is 22.1 Å². The fourth-order valence-corrected chi connectivity index (χ4v) is 5.55. The Kier molecular flexibility index (Phi) is 8.65. The van der Waals surface area contributed by atoms with Crippen molar-refractivity contribution in [3.63, 3.8) is 0 Å². The maximum atomic E-state index is 12.3. The van der Waals surface area contributed by atoms with Gasteiger partial charge in [0.2, 0.25) is 15.9 Å². The van der Waals surface area contributed by atoms with Gasteiger partial charge in [0.15, 0.2) is 0 Å². The van der Waals surface area contributed by atoms with E-state index in [1.807, 2.05) is 11.8 Å². The Morgan fingerprint density at radius 3 is 2.77 bits per heavy atom. The van der Waals surface area contributed by atoms with Gasteiger partial charge in [0.25, 0.3) is 0 Å². The molecule has 30 heavy (non-hydrogen) atoms. The molecule has 0 aromatic carbocycles. The SMILES string of the molecule is CCCCS(=O)(=O)N[C@@H]1CCCN([C@@H]2C=C(C(=O)O)C[C@H](N=[N+]=[N-])[C@@H]2NC(C)=O)C1. The third-order valence-corrected chi connectivity index (χ3v) is 6.93. The molecule has 1 saturated heterocycles. The summed E-state index contributed by atoms with van der Waals surface area (Å²) in [5.74, 6) is -1.35. The van der Waals surface area contributed by atoms with Crippen LogP contribution in [0.25, 0.3) is 10.4 Å². The quantitative estimate of drug-likeness (QED) is 0.275. The lowest BCUT2D eigenvalue weighted by Gasteiger charge is -2.44. The summed E-state index contributed by atoms with van der Waals surface area (Å²) in [4.78, 5) is 28.2. The Morgan fingerprint density at radius 2 is 2.17 bits per heavy atom. The lowest BCUT2D eigenvalue weighted by Crippen LogP contribution is -2.61. The number of unbranched alkanes of at least 4 members (excludes halogenated alkanes) is 1. The van der Waals surface area contributed by atoms with E-state index in [2.05, 4.69) is 20.1 Å². The van der Waals surface area contributed by atoms with Gasteiger partial charge in [0.1, 0.15) is 0 Å². The number of aliphatic carboxylic acids is 1. The van der Waals surface area contributed by atoms with E-state index < -0.39 is 34.1 Å². The first-order valence-electron chi connectivity index (χ1n) is 10.2. The number of hydrogen-bond acceptors (Lipinski definition) is 6. The van der Waals surface area contributed by atoms with Gasteiger partial charge in [-0.3, -0.25) is 9.69 Å².